The molecule has 0 aromatic carbocycles. The van der Waals surface area contributed by atoms with Crippen LogP contribution in [0.2, 0.25) is 0 Å². The van der Waals surface area contributed by atoms with Gasteiger partial charge in [-0.15, -0.1) is 12.4 Å². The van der Waals surface area contributed by atoms with Gasteiger partial charge in [0.2, 0.25) is 0 Å². The summed E-state index contributed by atoms with van der Waals surface area (Å²) >= 11 is 0. The highest BCUT2D eigenvalue weighted by Gasteiger charge is 2.44. The van der Waals surface area contributed by atoms with Crippen LogP contribution in [0, 0.1) is 0 Å². The normalized spacial score (nSPS) is 24.6. The number of nitrogens with zero attached hydrogens (tertiary/aromatic N) is 1. The highest BCUT2D eigenvalue weighted by molar-refractivity contribution is 5.85. The summed E-state index contributed by atoms with van der Waals surface area (Å²) in [5, 5.41) is 3.27. The van der Waals surface area contributed by atoms with Crippen LogP contribution in [0.25, 0.3) is 0 Å². The maximum atomic E-state index is 11.4. The fourth-order valence-electron chi connectivity index (χ4n) is 2.08. The van der Waals surface area contributed by atoms with E-state index >= 15 is 0 Å². The van der Waals surface area contributed by atoms with Crippen LogP contribution in [0.4, 0.5) is 4.79 Å². The van der Waals surface area contributed by atoms with Gasteiger partial charge in [0.1, 0.15) is 5.60 Å². The Morgan fingerprint density at radius 3 is 2.64 bits per heavy atom. The number of hydrogen-bond donors (Lipinski definition) is 1. The zero-order valence-electron chi connectivity index (χ0n) is 8.41. The molecule has 2 aliphatic heterocycles. The van der Waals surface area contributed by atoms with Crippen LogP contribution in [0.3, 0.4) is 0 Å². The predicted molar refractivity (Wildman–Crippen MR) is 55.8 cm³/mol. The second-order valence-electron chi connectivity index (χ2n) is 3.82. The van der Waals surface area contributed by atoms with Gasteiger partial charge >= 0.3 is 6.09 Å². The minimum atomic E-state index is -0.168. The molecule has 82 valence electrons. The molecule has 5 heteroatoms. The van der Waals surface area contributed by atoms with E-state index in [1.165, 1.54) is 0 Å². The standard InChI is InChI=1S/C9H16N2O2.ClH/c1-2-11-7-9(13-8(11)12)3-5-10-6-4-9;/h10H,2-7H2,1H3;1H. The number of carbonyl (C=O) groups excluding carboxylic acids is 1. The van der Waals surface area contributed by atoms with Crippen molar-refractivity contribution in [2.24, 2.45) is 0 Å². The van der Waals surface area contributed by atoms with E-state index in [-0.39, 0.29) is 24.1 Å². The Labute approximate surface area is 90.4 Å². The van der Waals surface area contributed by atoms with Crippen molar-refractivity contribution < 1.29 is 9.53 Å². The van der Waals surface area contributed by atoms with Crippen molar-refractivity contribution in [2.45, 2.75) is 25.4 Å². The van der Waals surface area contributed by atoms with Crippen LogP contribution in [0.1, 0.15) is 19.8 Å². The Bertz CT molecular complexity index is 217. The number of ether oxygens (including phenoxy) is 1. The summed E-state index contributed by atoms with van der Waals surface area (Å²) in [6, 6.07) is 0. The third kappa shape index (κ3) is 1.96. The number of halogens is 1. The Morgan fingerprint density at radius 2 is 2.14 bits per heavy atom. The van der Waals surface area contributed by atoms with Gasteiger partial charge in [0.25, 0.3) is 0 Å². The zero-order chi connectivity index (χ0) is 9.31. The molecule has 0 radical (unpaired) electrons. The Morgan fingerprint density at radius 1 is 1.50 bits per heavy atom. The van der Waals surface area contributed by atoms with Gasteiger partial charge in [-0.3, -0.25) is 0 Å². The Kier molecular flexibility index (Phi) is 3.61. The summed E-state index contributed by atoms with van der Waals surface area (Å²) in [7, 11) is 0. The fraction of sp³-hybridized carbons (Fsp3) is 0.889. The number of amides is 1. The van der Waals surface area contributed by atoms with Crippen LogP contribution in [0.15, 0.2) is 0 Å². The quantitative estimate of drug-likeness (QED) is 0.717. The lowest BCUT2D eigenvalue weighted by atomic mass is 9.92. The zero-order valence-corrected chi connectivity index (χ0v) is 9.23. The lowest BCUT2D eigenvalue weighted by molar-refractivity contribution is 0.0316. The van der Waals surface area contributed by atoms with E-state index in [0.29, 0.717) is 0 Å². The first-order valence-corrected chi connectivity index (χ1v) is 4.94. The molecule has 2 rings (SSSR count). The molecule has 0 bridgehead atoms. The molecule has 4 nitrogen and oxygen atoms in total. The molecule has 2 heterocycles. The third-order valence-corrected chi connectivity index (χ3v) is 2.94. The van der Waals surface area contributed by atoms with E-state index in [0.717, 1.165) is 39.0 Å². The van der Waals surface area contributed by atoms with Gasteiger partial charge in [-0.2, -0.15) is 0 Å². The SMILES string of the molecule is CCN1CC2(CCNCC2)OC1=O.Cl. The minimum absolute atomic E-state index is 0. The molecule has 0 aromatic rings. The van der Waals surface area contributed by atoms with Crippen LogP contribution < -0.4 is 5.32 Å². The minimum Gasteiger partial charge on any atom is -0.441 e. The Hall–Kier alpha value is -0.480. The third-order valence-electron chi connectivity index (χ3n) is 2.94. The molecular weight excluding hydrogens is 204 g/mol. The maximum Gasteiger partial charge on any atom is 0.410 e. The molecule has 2 aliphatic rings. The molecule has 0 unspecified atom stereocenters. The molecule has 14 heavy (non-hydrogen) atoms. The summed E-state index contributed by atoms with van der Waals surface area (Å²) in [6.45, 7) is 5.45. The van der Waals surface area contributed by atoms with Crippen molar-refractivity contribution in [1.82, 2.24) is 10.2 Å². The highest BCUT2D eigenvalue weighted by atomic mass is 35.5. The van der Waals surface area contributed by atoms with Crippen molar-refractivity contribution in [2.75, 3.05) is 26.2 Å². The van der Waals surface area contributed by atoms with E-state index in [4.69, 9.17) is 4.74 Å². The van der Waals surface area contributed by atoms with Crippen molar-refractivity contribution >= 4 is 18.5 Å². The number of hydrogen-bond acceptors (Lipinski definition) is 3. The molecule has 0 aliphatic carbocycles. The molecule has 0 aromatic heterocycles. The van der Waals surface area contributed by atoms with E-state index in [1.807, 2.05) is 6.92 Å². The smallest absolute Gasteiger partial charge is 0.410 e. The lowest BCUT2D eigenvalue weighted by Crippen LogP contribution is -2.44. The van der Waals surface area contributed by atoms with Gasteiger partial charge in [-0.1, -0.05) is 0 Å². The van der Waals surface area contributed by atoms with E-state index in [9.17, 15) is 4.79 Å². The topological polar surface area (TPSA) is 41.6 Å². The van der Waals surface area contributed by atoms with Crippen LogP contribution in [0.5, 0.6) is 0 Å². The number of likely N-dealkylation sites (N-methyl/N-ethyl adjacent to an activating group) is 1. The van der Waals surface area contributed by atoms with E-state index < -0.39 is 0 Å². The molecule has 0 atom stereocenters. The summed E-state index contributed by atoms with van der Waals surface area (Å²) in [5.74, 6) is 0. The van der Waals surface area contributed by atoms with Gasteiger partial charge in [0, 0.05) is 19.4 Å². The number of rotatable bonds is 1. The maximum absolute atomic E-state index is 11.4. The van der Waals surface area contributed by atoms with Gasteiger partial charge in [0.05, 0.1) is 6.54 Å². The first-order valence-electron chi connectivity index (χ1n) is 4.94. The second-order valence-corrected chi connectivity index (χ2v) is 3.82. The summed E-state index contributed by atoms with van der Waals surface area (Å²) in [6.07, 6.45) is 1.77. The summed E-state index contributed by atoms with van der Waals surface area (Å²) < 4.78 is 5.44. The fourth-order valence-corrected chi connectivity index (χ4v) is 2.08. The molecule has 1 spiro atoms. The monoisotopic (exact) mass is 220 g/mol. The van der Waals surface area contributed by atoms with Crippen molar-refractivity contribution in [3.8, 4) is 0 Å². The number of piperidine rings is 1. The van der Waals surface area contributed by atoms with Gasteiger partial charge in [0.15, 0.2) is 0 Å². The molecule has 1 N–H and O–H groups in total. The first kappa shape index (κ1) is 11.6. The molecular formula is C9H17ClN2O2. The van der Waals surface area contributed by atoms with Crippen LogP contribution >= 0.6 is 12.4 Å². The lowest BCUT2D eigenvalue weighted by Gasteiger charge is -2.31. The highest BCUT2D eigenvalue weighted by Crippen LogP contribution is 2.30. The molecule has 0 saturated carbocycles. The van der Waals surface area contributed by atoms with E-state index in [1.54, 1.807) is 4.90 Å². The average molecular weight is 221 g/mol. The predicted octanol–water partition coefficient (Wildman–Crippen LogP) is 1.00. The summed E-state index contributed by atoms with van der Waals surface area (Å²) in [4.78, 5) is 13.1. The average Bonchev–Trinajstić information content (AvgIpc) is 2.44. The van der Waals surface area contributed by atoms with E-state index in [2.05, 4.69) is 5.32 Å². The first-order chi connectivity index (χ1) is 6.26. The molecule has 2 saturated heterocycles. The van der Waals surface area contributed by atoms with Gasteiger partial charge in [-0.25, -0.2) is 4.79 Å². The second kappa shape index (κ2) is 4.36. The number of nitrogens with one attached hydrogen (secondary N) is 1. The van der Waals surface area contributed by atoms with Crippen molar-refractivity contribution in [1.29, 1.82) is 0 Å². The number of carbonyl (C=O) groups is 1. The van der Waals surface area contributed by atoms with Crippen molar-refractivity contribution in [3.63, 3.8) is 0 Å². The Balaban J connectivity index is 0.000000980. The molecule has 1 amide bonds. The summed E-state index contributed by atoms with van der Waals surface area (Å²) in [5.41, 5.74) is -0.168. The van der Waals surface area contributed by atoms with Crippen molar-refractivity contribution in [3.05, 3.63) is 0 Å². The van der Waals surface area contributed by atoms with Gasteiger partial charge in [-0.05, 0) is 20.0 Å². The van der Waals surface area contributed by atoms with Gasteiger partial charge < -0.3 is 15.0 Å². The van der Waals surface area contributed by atoms with Crippen LogP contribution in [-0.4, -0.2) is 42.8 Å². The largest absolute Gasteiger partial charge is 0.441 e. The molecule has 2 fully saturated rings. The van der Waals surface area contributed by atoms with Crippen LogP contribution in [-0.2, 0) is 4.74 Å².